The molecule has 0 spiro atoms. The van der Waals surface area contributed by atoms with E-state index in [1.807, 2.05) is 83.7 Å². The molecular formula is C26H26N4O. The number of carbonyl (C=O) groups is 1. The van der Waals surface area contributed by atoms with E-state index < -0.39 is 0 Å². The molecule has 31 heavy (non-hydrogen) atoms. The highest BCUT2D eigenvalue weighted by molar-refractivity contribution is 6.04. The molecule has 0 bridgehead atoms. The first-order valence-corrected chi connectivity index (χ1v) is 10.3. The second-order valence-corrected chi connectivity index (χ2v) is 7.72. The van der Waals surface area contributed by atoms with E-state index >= 15 is 0 Å². The van der Waals surface area contributed by atoms with Crippen LogP contribution >= 0.6 is 0 Å². The summed E-state index contributed by atoms with van der Waals surface area (Å²) in [7, 11) is 2.09. The number of rotatable bonds is 8. The predicted molar refractivity (Wildman–Crippen MR) is 124 cm³/mol. The Morgan fingerprint density at radius 2 is 1.48 bits per heavy atom. The third-order valence-electron chi connectivity index (χ3n) is 5.03. The molecule has 0 aliphatic rings. The topological polar surface area (TPSA) is 50.2 Å². The van der Waals surface area contributed by atoms with Gasteiger partial charge in [0, 0.05) is 36.1 Å². The van der Waals surface area contributed by atoms with Crippen molar-refractivity contribution in [1.82, 2.24) is 14.7 Å². The molecule has 0 saturated heterocycles. The van der Waals surface area contributed by atoms with Crippen LogP contribution in [0, 0.1) is 0 Å². The molecule has 1 aromatic heterocycles. The quantitative estimate of drug-likeness (QED) is 0.453. The van der Waals surface area contributed by atoms with Crippen LogP contribution < -0.4 is 5.32 Å². The van der Waals surface area contributed by atoms with Gasteiger partial charge in [0.05, 0.1) is 12.7 Å². The van der Waals surface area contributed by atoms with Crippen molar-refractivity contribution in [3.63, 3.8) is 0 Å². The van der Waals surface area contributed by atoms with E-state index in [1.165, 1.54) is 11.1 Å². The average Bonchev–Trinajstić information content (AvgIpc) is 3.22. The Labute approximate surface area is 183 Å². The molecule has 0 aliphatic heterocycles. The molecule has 4 rings (SSSR count). The number of carbonyl (C=O) groups excluding carboxylic acids is 1. The van der Waals surface area contributed by atoms with Crippen molar-refractivity contribution in [2.24, 2.45) is 0 Å². The Bertz CT molecular complexity index is 1110. The smallest absolute Gasteiger partial charge is 0.255 e. The number of nitrogens with zero attached hydrogens (tertiary/aromatic N) is 3. The molecule has 156 valence electrons. The van der Waals surface area contributed by atoms with Crippen molar-refractivity contribution in [1.29, 1.82) is 0 Å². The largest absolute Gasteiger partial charge is 0.322 e. The lowest BCUT2D eigenvalue weighted by Gasteiger charge is -2.16. The zero-order valence-corrected chi connectivity index (χ0v) is 17.6. The van der Waals surface area contributed by atoms with Crippen LogP contribution in [-0.4, -0.2) is 27.6 Å². The second kappa shape index (κ2) is 9.87. The van der Waals surface area contributed by atoms with Crippen molar-refractivity contribution in [2.45, 2.75) is 19.6 Å². The minimum atomic E-state index is -0.100. The molecule has 0 aliphatic carbocycles. The predicted octanol–water partition coefficient (Wildman–Crippen LogP) is 4.82. The van der Waals surface area contributed by atoms with E-state index in [0.717, 1.165) is 30.9 Å². The zero-order chi connectivity index (χ0) is 21.5. The molecule has 0 unspecified atom stereocenters. The molecule has 0 saturated carbocycles. The number of anilines is 1. The monoisotopic (exact) mass is 410 g/mol. The van der Waals surface area contributed by atoms with E-state index in [2.05, 4.69) is 40.7 Å². The highest BCUT2D eigenvalue weighted by Gasteiger charge is 2.08. The van der Waals surface area contributed by atoms with Gasteiger partial charge in [-0.05, 0) is 42.4 Å². The van der Waals surface area contributed by atoms with Crippen molar-refractivity contribution in [3.8, 4) is 0 Å². The first-order valence-electron chi connectivity index (χ1n) is 10.3. The fourth-order valence-electron chi connectivity index (χ4n) is 3.51. The first kappa shape index (κ1) is 20.6. The summed E-state index contributed by atoms with van der Waals surface area (Å²) in [5.74, 6) is -0.100. The highest BCUT2D eigenvalue weighted by atomic mass is 16.1. The molecule has 0 fully saturated rings. The lowest BCUT2D eigenvalue weighted by atomic mass is 10.1. The SMILES string of the molecule is CN(Cc1ccc(C(=O)Nc2ccccc2)cc1)Cc1cnn(Cc2ccccc2)c1. The number of aromatic nitrogens is 2. The highest BCUT2D eigenvalue weighted by Crippen LogP contribution is 2.13. The summed E-state index contributed by atoms with van der Waals surface area (Å²) in [5, 5.41) is 7.39. The maximum atomic E-state index is 12.4. The lowest BCUT2D eigenvalue weighted by molar-refractivity contribution is 0.102. The summed E-state index contributed by atoms with van der Waals surface area (Å²) in [6.45, 7) is 2.38. The van der Waals surface area contributed by atoms with Crippen molar-refractivity contribution >= 4 is 11.6 Å². The second-order valence-electron chi connectivity index (χ2n) is 7.72. The molecule has 5 nitrogen and oxygen atoms in total. The fourth-order valence-corrected chi connectivity index (χ4v) is 3.51. The van der Waals surface area contributed by atoms with E-state index in [1.54, 1.807) is 0 Å². The number of para-hydroxylation sites is 1. The van der Waals surface area contributed by atoms with Crippen molar-refractivity contribution in [2.75, 3.05) is 12.4 Å². The Hall–Kier alpha value is -3.70. The molecule has 1 heterocycles. The number of nitrogens with one attached hydrogen (secondary N) is 1. The lowest BCUT2D eigenvalue weighted by Crippen LogP contribution is -2.17. The summed E-state index contributed by atoms with van der Waals surface area (Å²) in [4.78, 5) is 14.6. The minimum absolute atomic E-state index is 0.100. The molecular weight excluding hydrogens is 384 g/mol. The first-order chi connectivity index (χ1) is 15.2. The van der Waals surface area contributed by atoms with Crippen LogP contribution in [0.3, 0.4) is 0 Å². The number of benzene rings is 3. The van der Waals surface area contributed by atoms with Gasteiger partial charge in [0.25, 0.3) is 5.91 Å². The van der Waals surface area contributed by atoms with Crippen LogP contribution in [0.15, 0.2) is 97.3 Å². The molecule has 5 heteroatoms. The fraction of sp³-hybridized carbons (Fsp3) is 0.154. The van der Waals surface area contributed by atoms with Gasteiger partial charge in [0.1, 0.15) is 0 Å². The third kappa shape index (κ3) is 5.90. The third-order valence-corrected chi connectivity index (χ3v) is 5.03. The molecule has 0 radical (unpaired) electrons. The molecule has 1 N–H and O–H groups in total. The van der Waals surface area contributed by atoms with E-state index in [4.69, 9.17) is 0 Å². The molecule has 3 aromatic carbocycles. The van der Waals surface area contributed by atoms with Crippen LogP contribution in [0.1, 0.15) is 27.0 Å². The molecule has 1 amide bonds. The van der Waals surface area contributed by atoms with Crippen molar-refractivity contribution in [3.05, 3.63) is 120 Å². The van der Waals surface area contributed by atoms with Crippen LogP contribution in [0.5, 0.6) is 0 Å². The van der Waals surface area contributed by atoms with Gasteiger partial charge >= 0.3 is 0 Å². The van der Waals surface area contributed by atoms with Crippen LogP contribution in [0.2, 0.25) is 0 Å². The van der Waals surface area contributed by atoms with Gasteiger partial charge in [-0.15, -0.1) is 0 Å². The van der Waals surface area contributed by atoms with Gasteiger partial charge in [-0.3, -0.25) is 14.4 Å². The Balaban J connectivity index is 1.30. The van der Waals surface area contributed by atoms with E-state index in [-0.39, 0.29) is 5.91 Å². The van der Waals surface area contributed by atoms with Gasteiger partial charge < -0.3 is 5.32 Å². The number of hydrogen-bond acceptors (Lipinski definition) is 3. The normalized spacial score (nSPS) is 10.9. The minimum Gasteiger partial charge on any atom is -0.322 e. The summed E-state index contributed by atoms with van der Waals surface area (Å²) < 4.78 is 1.97. The van der Waals surface area contributed by atoms with Gasteiger partial charge in [0.15, 0.2) is 0 Å². The zero-order valence-electron chi connectivity index (χ0n) is 17.6. The summed E-state index contributed by atoms with van der Waals surface area (Å²) in [6.07, 6.45) is 4.02. The Morgan fingerprint density at radius 3 is 2.19 bits per heavy atom. The van der Waals surface area contributed by atoms with Crippen LogP contribution in [0.25, 0.3) is 0 Å². The van der Waals surface area contributed by atoms with E-state index in [0.29, 0.717) is 5.56 Å². The van der Waals surface area contributed by atoms with E-state index in [9.17, 15) is 4.79 Å². The Morgan fingerprint density at radius 1 is 0.839 bits per heavy atom. The average molecular weight is 411 g/mol. The van der Waals surface area contributed by atoms with Crippen LogP contribution in [0.4, 0.5) is 5.69 Å². The number of amides is 1. The Kier molecular flexibility index (Phi) is 6.55. The standard InChI is InChI=1S/C26H26N4O/c1-29(18-23-16-27-30(20-23)19-21-8-4-2-5-9-21)17-22-12-14-24(15-13-22)26(31)28-25-10-6-3-7-11-25/h2-16,20H,17-19H2,1H3,(H,28,31). The summed E-state index contributed by atoms with van der Waals surface area (Å²) in [5.41, 5.74) is 5.02. The maximum absolute atomic E-state index is 12.4. The summed E-state index contributed by atoms with van der Waals surface area (Å²) >= 11 is 0. The van der Waals surface area contributed by atoms with Gasteiger partial charge in [-0.2, -0.15) is 5.10 Å². The van der Waals surface area contributed by atoms with Gasteiger partial charge in [0.2, 0.25) is 0 Å². The summed E-state index contributed by atoms with van der Waals surface area (Å²) in [6, 6.07) is 27.6. The maximum Gasteiger partial charge on any atom is 0.255 e. The molecule has 4 aromatic rings. The number of hydrogen-bond donors (Lipinski definition) is 1. The van der Waals surface area contributed by atoms with Gasteiger partial charge in [-0.25, -0.2) is 0 Å². The molecule has 0 atom stereocenters. The van der Waals surface area contributed by atoms with Crippen molar-refractivity contribution < 1.29 is 4.79 Å². The van der Waals surface area contributed by atoms with Gasteiger partial charge in [-0.1, -0.05) is 60.7 Å². The van der Waals surface area contributed by atoms with Crippen LogP contribution in [-0.2, 0) is 19.6 Å².